The zero-order valence-corrected chi connectivity index (χ0v) is 17.1. The number of nitro benzene ring substituents is 1. The zero-order valence-electron chi connectivity index (χ0n) is 15.4. The lowest BCUT2D eigenvalue weighted by atomic mass is 10.2. The van der Waals surface area contributed by atoms with Gasteiger partial charge in [-0.15, -0.1) is 0 Å². The van der Waals surface area contributed by atoms with Crippen molar-refractivity contribution in [2.45, 2.75) is 15.5 Å². The summed E-state index contributed by atoms with van der Waals surface area (Å²) in [4.78, 5) is 11.4. The summed E-state index contributed by atoms with van der Waals surface area (Å²) in [6, 6.07) is 19.9. The van der Waals surface area contributed by atoms with Crippen molar-refractivity contribution in [2.75, 3.05) is 11.6 Å². The highest BCUT2D eigenvalue weighted by Crippen LogP contribution is 2.30. The molecule has 0 amide bonds. The highest BCUT2D eigenvalue weighted by molar-refractivity contribution is 7.90. The predicted octanol–water partition coefficient (Wildman–Crippen LogP) is 4.05. The van der Waals surface area contributed by atoms with Gasteiger partial charge in [0.25, 0.3) is 5.69 Å². The minimum atomic E-state index is -3.56. The van der Waals surface area contributed by atoms with E-state index in [9.17, 15) is 22.7 Å². The second-order valence-electron chi connectivity index (χ2n) is 6.34. The Morgan fingerprint density at radius 1 is 1.00 bits per heavy atom. The predicted molar refractivity (Wildman–Crippen MR) is 112 cm³/mol. The van der Waals surface area contributed by atoms with Crippen LogP contribution in [0.2, 0.25) is 0 Å². The van der Waals surface area contributed by atoms with Crippen LogP contribution in [0.25, 0.3) is 0 Å². The molecule has 0 radical (unpaired) electrons. The summed E-state index contributed by atoms with van der Waals surface area (Å²) in [6.45, 7) is 0. The van der Waals surface area contributed by atoms with Crippen LogP contribution in [-0.4, -0.2) is 23.8 Å². The Hall–Kier alpha value is -3.04. The largest absolute Gasteiger partial charge is 0.350 e. The number of nitro groups is 1. The molecule has 0 aliphatic carbocycles. The van der Waals surface area contributed by atoms with Crippen molar-refractivity contribution >= 4 is 37.7 Å². The number of nitrogens with one attached hydrogen (secondary N) is 1. The minimum Gasteiger partial charge on any atom is -0.350 e. The maximum atomic E-state index is 12.5. The standard InChI is InChI=1S/C20H18N2O5S2/c1-29(26,27)18-10-11-19(20(13-18)22(23)24)21-16-7-5-6-15(12-16)14-28(25)17-8-3-2-4-9-17/h2-13,21H,14H2,1H3. The summed E-state index contributed by atoms with van der Waals surface area (Å²) >= 11 is 0. The van der Waals surface area contributed by atoms with Crippen LogP contribution in [0, 0.1) is 10.1 Å². The molecular formula is C20H18N2O5S2. The van der Waals surface area contributed by atoms with E-state index in [4.69, 9.17) is 0 Å². The van der Waals surface area contributed by atoms with Gasteiger partial charge in [-0.1, -0.05) is 30.3 Å². The fourth-order valence-corrected chi connectivity index (χ4v) is 4.45. The summed E-state index contributed by atoms with van der Waals surface area (Å²) in [5, 5.41) is 14.3. The first-order chi connectivity index (χ1) is 13.7. The number of anilines is 2. The molecule has 29 heavy (non-hydrogen) atoms. The van der Waals surface area contributed by atoms with Crippen LogP contribution in [0.15, 0.2) is 82.6 Å². The SMILES string of the molecule is CS(=O)(=O)c1ccc(Nc2cccc(CS(=O)c3ccccc3)c2)c([N+](=O)[O-])c1. The zero-order chi connectivity index (χ0) is 21.0. The fourth-order valence-electron chi connectivity index (χ4n) is 2.70. The monoisotopic (exact) mass is 430 g/mol. The first-order valence-corrected chi connectivity index (χ1v) is 11.7. The molecule has 0 saturated carbocycles. The lowest BCUT2D eigenvalue weighted by Crippen LogP contribution is -2.02. The molecule has 0 aliphatic rings. The van der Waals surface area contributed by atoms with E-state index in [2.05, 4.69) is 5.32 Å². The molecule has 0 heterocycles. The summed E-state index contributed by atoms with van der Waals surface area (Å²) < 4.78 is 35.8. The lowest BCUT2D eigenvalue weighted by molar-refractivity contribution is -0.384. The van der Waals surface area contributed by atoms with Gasteiger partial charge in [-0.25, -0.2) is 8.42 Å². The highest BCUT2D eigenvalue weighted by Gasteiger charge is 2.19. The van der Waals surface area contributed by atoms with Gasteiger partial charge in [0.1, 0.15) is 5.69 Å². The molecule has 7 nitrogen and oxygen atoms in total. The van der Waals surface area contributed by atoms with E-state index in [1.165, 1.54) is 12.1 Å². The number of nitrogens with zero attached hydrogens (tertiary/aromatic N) is 1. The average molecular weight is 431 g/mol. The lowest BCUT2D eigenvalue weighted by Gasteiger charge is -2.10. The van der Waals surface area contributed by atoms with Crippen LogP contribution in [0.4, 0.5) is 17.1 Å². The van der Waals surface area contributed by atoms with E-state index in [0.717, 1.165) is 22.8 Å². The molecule has 0 aromatic heterocycles. The Kier molecular flexibility index (Phi) is 6.09. The second kappa shape index (κ2) is 8.54. The van der Waals surface area contributed by atoms with Crippen molar-refractivity contribution in [2.24, 2.45) is 0 Å². The number of benzene rings is 3. The second-order valence-corrected chi connectivity index (χ2v) is 9.80. The van der Waals surface area contributed by atoms with Crippen LogP contribution < -0.4 is 5.32 Å². The number of sulfone groups is 1. The third-order valence-electron chi connectivity index (χ3n) is 4.10. The molecule has 0 aliphatic heterocycles. The van der Waals surface area contributed by atoms with Crippen molar-refractivity contribution < 1.29 is 17.6 Å². The van der Waals surface area contributed by atoms with Gasteiger partial charge in [0.05, 0.1) is 26.4 Å². The summed E-state index contributed by atoms with van der Waals surface area (Å²) in [6.07, 6.45) is 0.996. The normalized spacial score (nSPS) is 12.3. The van der Waals surface area contributed by atoms with E-state index < -0.39 is 25.6 Å². The highest BCUT2D eigenvalue weighted by atomic mass is 32.2. The molecule has 150 valence electrons. The minimum absolute atomic E-state index is 0.123. The Bertz CT molecular complexity index is 1180. The molecule has 0 fully saturated rings. The van der Waals surface area contributed by atoms with Crippen LogP contribution in [0.1, 0.15) is 5.56 Å². The van der Waals surface area contributed by atoms with E-state index in [1.54, 1.807) is 30.3 Å². The maximum Gasteiger partial charge on any atom is 0.293 e. The number of hydrogen-bond donors (Lipinski definition) is 1. The molecule has 0 saturated heterocycles. The van der Waals surface area contributed by atoms with Gasteiger partial charge >= 0.3 is 0 Å². The first-order valence-electron chi connectivity index (χ1n) is 8.52. The number of rotatable bonds is 7. The molecule has 1 atom stereocenters. The van der Waals surface area contributed by atoms with Crippen LogP contribution >= 0.6 is 0 Å². The van der Waals surface area contributed by atoms with Crippen molar-refractivity contribution in [1.29, 1.82) is 0 Å². The summed E-state index contributed by atoms with van der Waals surface area (Å²) in [7, 11) is -4.78. The van der Waals surface area contributed by atoms with E-state index in [-0.39, 0.29) is 16.3 Å². The summed E-state index contributed by atoms with van der Waals surface area (Å²) in [5.41, 5.74) is 1.20. The third-order valence-corrected chi connectivity index (χ3v) is 6.61. The van der Waals surface area contributed by atoms with E-state index in [1.807, 2.05) is 24.3 Å². The molecule has 3 aromatic rings. The molecule has 3 rings (SSSR count). The molecule has 1 N–H and O–H groups in total. The average Bonchev–Trinajstić information content (AvgIpc) is 2.68. The topological polar surface area (TPSA) is 106 Å². The van der Waals surface area contributed by atoms with Crippen molar-refractivity contribution in [3.63, 3.8) is 0 Å². The van der Waals surface area contributed by atoms with Crippen LogP contribution in [-0.2, 0) is 26.4 Å². The van der Waals surface area contributed by atoms with Gasteiger partial charge < -0.3 is 5.32 Å². The van der Waals surface area contributed by atoms with Gasteiger partial charge in [0.15, 0.2) is 9.84 Å². The molecule has 9 heteroatoms. The molecule has 3 aromatic carbocycles. The van der Waals surface area contributed by atoms with Crippen molar-refractivity contribution in [3.05, 3.63) is 88.5 Å². The molecule has 0 bridgehead atoms. The number of hydrogen-bond acceptors (Lipinski definition) is 6. The van der Waals surface area contributed by atoms with Gasteiger partial charge in [-0.05, 0) is 42.0 Å². The Balaban J connectivity index is 1.85. The van der Waals surface area contributed by atoms with Crippen molar-refractivity contribution in [1.82, 2.24) is 0 Å². The maximum absolute atomic E-state index is 12.5. The summed E-state index contributed by atoms with van der Waals surface area (Å²) in [5.74, 6) is 0.300. The Morgan fingerprint density at radius 3 is 2.38 bits per heavy atom. The van der Waals surface area contributed by atoms with Crippen LogP contribution in [0.3, 0.4) is 0 Å². The molecular weight excluding hydrogens is 412 g/mol. The Labute approximate surface area is 170 Å². The molecule has 1 unspecified atom stereocenters. The van der Waals surface area contributed by atoms with Gasteiger partial charge in [-0.2, -0.15) is 0 Å². The fraction of sp³-hybridized carbons (Fsp3) is 0.100. The van der Waals surface area contributed by atoms with Gasteiger partial charge in [-0.3, -0.25) is 14.3 Å². The van der Waals surface area contributed by atoms with E-state index >= 15 is 0 Å². The smallest absolute Gasteiger partial charge is 0.293 e. The quantitative estimate of drug-likeness (QED) is 0.448. The Morgan fingerprint density at radius 2 is 1.72 bits per heavy atom. The van der Waals surface area contributed by atoms with Crippen LogP contribution in [0.5, 0.6) is 0 Å². The van der Waals surface area contributed by atoms with Gasteiger partial charge in [0, 0.05) is 22.9 Å². The molecule has 0 spiro atoms. The third kappa shape index (κ3) is 5.27. The first kappa shape index (κ1) is 20.7. The van der Waals surface area contributed by atoms with Crippen molar-refractivity contribution in [3.8, 4) is 0 Å². The van der Waals surface area contributed by atoms with E-state index in [0.29, 0.717) is 11.4 Å². The van der Waals surface area contributed by atoms with Gasteiger partial charge in [0.2, 0.25) is 0 Å².